The van der Waals surface area contributed by atoms with Crippen molar-refractivity contribution in [2.45, 2.75) is 26.7 Å². The van der Waals surface area contributed by atoms with Crippen molar-refractivity contribution in [2.75, 3.05) is 0 Å². The summed E-state index contributed by atoms with van der Waals surface area (Å²) in [7, 11) is 0. The second-order valence-corrected chi connectivity index (χ2v) is 7.39. The molecule has 0 fully saturated rings. The second-order valence-electron chi connectivity index (χ2n) is 7.39. The van der Waals surface area contributed by atoms with Crippen LogP contribution in [-0.2, 0) is 12.8 Å². The van der Waals surface area contributed by atoms with Gasteiger partial charge in [-0.2, -0.15) is 0 Å². The van der Waals surface area contributed by atoms with Crippen molar-refractivity contribution in [3.63, 3.8) is 0 Å². The molecular weight excluding hydrogens is 328 g/mol. The molecule has 0 spiro atoms. The summed E-state index contributed by atoms with van der Waals surface area (Å²) in [6, 6.07) is 21.8. The van der Waals surface area contributed by atoms with Crippen LogP contribution in [-0.4, -0.2) is 0 Å². The summed E-state index contributed by atoms with van der Waals surface area (Å²) < 4.78 is 5.98. The lowest BCUT2D eigenvalue weighted by Crippen LogP contribution is -1.94. The molecule has 1 aliphatic carbocycles. The SMILES string of the molecule is CCc1ccc2c(c1-c1cccc(C)c1)C=C(c1occ3ccccc13)C2. The molecule has 0 amide bonds. The molecule has 1 aromatic heterocycles. The number of aryl methyl sites for hydroxylation is 2. The fraction of sp³-hybridized carbons (Fsp3) is 0.154. The number of hydrogen-bond acceptors (Lipinski definition) is 1. The van der Waals surface area contributed by atoms with Crippen LogP contribution in [0.2, 0.25) is 0 Å². The van der Waals surface area contributed by atoms with E-state index in [9.17, 15) is 0 Å². The van der Waals surface area contributed by atoms with Crippen LogP contribution < -0.4 is 0 Å². The maximum absolute atomic E-state index is 5.98. The van der Waals surface area contributed by atoms with Crippen molar-refractivity contribution >= 4 is 22.4 Å². The van der Waals surface area contributed by atoms with Gasteiger partial charge in [-0.1, -0.05) is 73.2 Å². The minimum Gasteiger partial charge on any atom is -0.463 e. The summed E-state index contributed by atoms with van der Waals surface area (Å²) in [6.45, 7) is 4.40. The lowest BCUT2D eigenvalue weighted by atomic mass is 9.90. The Balaban J connectivity index is 1.70. The van der Waals surface area contributed by atoms with Crippen molar-refractivity contribution in [3.8, 4) is 11.1 Å². The summed E-state index contributed by atoms with van der Waals surface area (Å²) in [5, 5.41) is 2.36. The number of fused-ring (bicyclic) bond motifs is 2. The second kappa shape index (κ2) is 6.28. The van der Waals surface area contributed by atoms with Crippen LogP contribution in [0.15, 0.2) is 71.3 Å². The standard InChI is InChI=1S/C26H22O/c1-3-18-11-12-19-14-22(26-23-10-5-4-8-21(23)16-27-26)15-24(19)25(18)20-9-6-7-17(2)13-20/h4-13,15-16H,3,14H2,1-2H3. The minimum absolute atomic E-state index is 0.926. The Morgan fingerprint density at radius 2 is 1.85 bits per heavy atom. The highest BCUT2D eigenvalue weighted by atomic mass is 16.3. The van der Waals surface area contributed by atoms with E-state index >= 15 is 0 Å². The van der Waals surface area contributed by atoms with Crippen LogP contribution in [0.4, 0.5) is 0 Å². The Kier molecular flexibility index (Phi) is 3.75. The van der Waals surface area contributed by atoms with Crippen LogP contribution in [0.3, 0.4) is 0 Å². The number of furan rings is 1. The third kappa shape index (κ3) is 2.62. The Hall–Kier alpha value is -3.06. The lowest BCUT2D eigenvalue weighted by Gasteiger charge is -2.14. The molecule has 1 aliphatic rings. The summed E-state index contributed by atoms with van der Waals surface area (Å²) in [6.07, 6.45) is 6.17. The van der Waals surface area contributed by atoms with Crippen molar-refractivity contribution in [2.24, 2.45) is 0 Å². The fourth-order valence-electron chi connectivity index (χ4n) is 4.28. The first-order chi connectivity index (χ1) is 13.2. The van der Waals surface area contributed by atoms with E-state index in [-0.39, 0.29) is 0 Å². The van der Waals surface area contributed by atoms with Crippen LogP contribution in [0.1, 0.15) is 34.9 Å². The number of rotatable bonds is 3. The molecule has 132 valence electrons. The van der Waals surface area contributed by atoms with Gasteiger partial charge in [-0.15, -0.1) is 0 Å². The maximum atomic E-state index is 5.98. The summed E-state index contributed by atoms with van der Waals surface area (Å²) in [5.74, 6) is 1.01. The highest BCUT2D eigenvalue weighted by molar-refractivity contribution is 6.00. The molecule has 5 rings (SSSR count). The van der Waals surface area contributed by atoms with E-state index in [0.717, 1.165) is 24.0 Å². The van der Waals surface area contributed by atoms with Crippen LogP contribution in [0, 0.1) is 6.92 Å². The molecule has 0 radical (unpaired) electrons. The van der Waals surface area contributed by atoms with Crippen molar-refractivity contribution in [3.05, 3.63) is 94.9 Å². The van der Waals surface area contributed by atoms with Gasteiger partial charge in [-0.25, -0.2) is 0 Å². The molecule has 1 heterocycles. The molecule has 0 saturated carbocycles. The Morgan fingerprint density at radius 1 is 0.963 bits per heavy atom. The molecule has 27 heavy (non-hydrogen) atoms. The summed E-state index contributed by atoms with van der Waals surface area (Å²) in [5.41, 5.74) is 9.41. The van der Waals surface area contributed by atoms with Crippen LogP contribution in [0.25, 0.3) is 33.5 Å². The minimum atomic E-state index is 0.926. The zero-order valence-electron chi connectivity index (χ0n) is 15.8. The third-order valence-corrected chi connectivity index (χ3v) is 5.61. The van der Waals surface area contributed by atoms with Gasteiger partial charge in [0.05, 0.1) is 6.26 Å². The normalized spacial score (nSPS) is 13.0. The largest absolute Gasteiger partial charge is 0.463 e. The summed E-state index contributed by atoms with van der Waals surface area (Å²) >= 11 is 0. The van der Waals surface area contributed by atoms with Gasteiger partial charge in [0.1, 0.15) is 5.76 Å². The molecular formula is C26H22O. The van der Waals surface area contributed by atoms with E-state index < -0.39 is 0 Å². The molecule has 3 aromatic carbocycles. The highest BCUT2D eigenvalue weighted by Crippen LogP contribution is 2.41. The van der Waals surface area contributed by atoms with Crippen LogP contribution >= 0.6 is 0 Å². The first-order valence-electron chi connectivity index (χ1n) is 9.63. The van der Waals surface area contributed by atoms with Crippen molar-refractivity contribution < 1.29 is 4.42 Å². The third-order valence-electron chi connectivity index (χ3n) is 5.61. The summed E-state index contributed by atoms with van der Waals surface area (Å²) in [4.78, 5) is 0. The maximum Gasteiger partial charge on any atom is 0.138 e. The zero-order valence-corrected chi connectivity index (χ0v) is 15.8. The monoisotopic (exact) mass is 350 g/mol. The molecule has 0 atom stereocenters. The van der Waals surface area contributed by atoms with E-state index in [4.69, 9.17) is 4.42 Å². The van der Waals surface area contributed by atoms with Gasteiger partial charge in [0.2, 0.25) is 0 Å². The smallest absolute Gasteiger partial charge is 0.138 e. The van der Waals surface area contributed by atoms with Crippen LogP contribution in [0.5, 0.6) is 0 Å². The van der Waals surface area contributed by atoms with Gasteiger partial charge < -0.3 is 4.42 Å². The quantitative estimate of drug-likeness (QED) is 0.385. The molecule has 0 unspecified atom stereocenters. The van der Waals surface area contributed by atoms with Gasteiger partial charge in [0, 0.05) is 22.8 Å². The Bertz CT molecular complexity index is 1190. The predicted molar refractivity (Wildman–Crippen MR) is 114 cm³/mol. The highest BCUT2D eigenvalue weighted by Gasteiger charge is 2.22. The van der Waals surface area contributed by atoms with Gasteiger partial charge in [0.15, 0.2) is 0 Å². The first kappa shape index (κ1) is 16.1. The molecule has 4 aromatic rings. The predicted octanol–water partition coefficient (Wildman–Crippen LogP) is 7.07. The first-order valence-corrected chi connectivity index (χ1v) is 9.63. The molecule has 0 bridgehead atoms. The van der Waals surface area contributed by atoms with E-state index in [2.05, 4.69) is 80.6 Å². The number of hydrogen-bond donors (Lipinski definition) is 0. The molecule has 1 nitrogen and oxygen atoms in total. The van der Waals surface area contributed by atoms with Gasteiger partial charge in [0.25, 0.3) is 0 Å². The van der Waals surface area contributed by atoms with Gasteiger partial charge >= 0.3 is 0 Å². The molecule has 0 saturated heterocycles. The van der Waals surface area contributed by atoms with E-state index in [1.807, 2.05) is 6.26 Å². The van der Waals surface area contributed by atoms with E-state index in [1.165, 1.54) is 44.3 Å². The van der Waals surface area contributed by atoms with Gasteiger partial charge in [-0.3, -0.25) is 0 Å². The number of benzene rings is 3. The Morgan fingerprint density at radius 3 is 2.70 bits per heavy atom. The fourth-order valence-corrected chi connectivity index (χ4v) is 4.28. The molecule has 0 N–H and O–H groups in total. The average Bonchev–Trinajstić information content (AvgIpc) is 3.30. The zero-order chi connectivity index (χ0) is 18.4. The average molecular weight is 350 g/mol. The molecule has 0 aliphatic heterocycles. The Labute approximate surface area is 160 Å². The van der Waals surface area contributed by atoms with E-state index in [0.29, 0.717) is 0 Å². The van der Waals surface area contributed by atoms with E-state index in [1.54, 1.807) is 0 Å². The number of allylic oxidation sites excluding steroid dienone is 1. The topological polar surface area (TPSA) is 13.1 Å². The molecule has 1 heteroatoms. The van der Waals surface area contributed by atoms with Crippen molar-refractivity contribution in [1.82, 2.24) is 0 Å². The van der Waals surface area contributed by atoms with Gasteiger partial charge in [-0.05, 0) is 47.2 Å². The van der Waals surface area contributed by atoms with Crippen molar-refractivity contribution in [1.29, 1.82) is 0 Å². The lowest BCUT2D eigenvalue weighted by molar-refractivity contribution is 0.557.